The van der Waals surface area contributed by atoms with E-state index in [0.717, 1.165) is 38.6 Å². The van der Waals surface area contributed by atoms with E-state index in [1.54, 1.807) is 0 Å². The van der Waals surface area contributed by atoms with E-state index >= 15 is 0 Å². The quantitative estimate of drug-likeness (QED) is 0.471. The molecule has 1 amide bonds. The summed E-state index contributed by atoms with van der Waals surface area (Å²) >= 11 is 0. The molecule has 0 rings (SSSR count). The second-order valence-corrected chi connectivity index (χ2v) is 5.86. The number of amides is 1. The Balaban J connectivity index is 3.88. The SMILES string of the molecule is CCCCCC(CCCCC)NC(=O)CCCCCN. The lowest BCUT2D eigenvalue weighted by Gasteiger charge is -2.18. The van der Waals surface area contributed by atoms with Crippen molar-refractivity contribution in [3.63, 3.8) is 0 Å². The van der Waals surface area contributed by atoms with E-state index in [4.69, 9.17) is 5.73 Å². The van der Waals surface area contributed by atoms with E-state index in [2.05, 4.69) is 19.2 Å². The third-order valence-corrected chi connectivity index (χ3v) is 3.79. The van der Waals surface area contributed by atoms with Gasteiger partial charge in [-0.3, -0.25) is 4.79 Å². The predicted octanol–water partition coefficient (Wildman–Crippen LogP) is 4.15. The topological polar surface area (TPSA) is 55.1 Å². The molecule has 0 aliphatic carbocycles. The number of hydrogen-bond donors (Lipinski definition) is 2. The fourth-order valence-corrected chi connectivity index (χ4v) is 2.48. The van der Waals surface area contributed by atoms with Crippen molar-refractivity contribution in [1.29, 1.82) is 0 Å². The van der Waals surface area contributed by atoms with Crippen molar-refractivity contribution < 1.29 is 4.79 Å². The number of rotatable bonds is 14. The molecule has 0 aliphatic heterocycles. The van der Waals surface area contributed by atoms with Crippen LogP contribution < -0.4 is 11.1 Å². The first-order valence-corrected chi connectivity index (χ1v) is 8.74. The smallest absolute Gasteiger partial charge is 0.220 e. The molecule has 0 aromatic heterocycles. The first kappa shape index (κ1) is 19.4. The van der Waals surface area contributed by atoms with E-state index in [1.807, 2.05) is 0 Å². The maximum atomic E-state index is 11.9. The van der Waals surface area contributed by atoms with Crippen molar-refractivity contribution in [3.05, 3.63) is 0 Å². The monoisotopic (exact) mass is 284 g/mol. The summed E-state index contributed by atoms with van der Waals surface area (Å²) in [6.45, 7) is 5.18. The Labute approximate surface area is 126 Å². The molecule has 120 valence electrons. The zero-order valence-electron chi connectivity index (χ0n) is 13.8. The lowest BCUT2D eigenvalue weighted by Crippen LogP contribution is -2.34. The number of hydrogen-bond acceptors (Lipinski definition) is 2. The summed E-state index contributed by atoms with van der Waals surface area (Å²) in [6, 6.07) is 0.398. The third-order valence-electron chi connectivity index (χ3n) is 3.79. The van der Waals surface area contributed by atoms with Crippen LogP contribution in [0.1, 0.15) is 90.9 Å². The van der Waals surface area contributed by atoms with Gasteiger partial charge in [0.15, 0.2) is 0 Å². The fourth-order valence-electron chi connectivity index (χ4n) is 2.48. The fraction of sp³-hybridized carbons (Fsp3) is 0.941. The minimum atomic E-state index is 0.236. The highest BCUT2D eigenvalue weighted by Crippen LogP contribution is 2.11. The molecule has 0 saturated carbocycles. The van der Waals surface area contributed by atoms with Crippen LogP contribution in [-0.4, -0.2) is 18.5 Å². The van der Waals surface area contributed by atoms with Crippen molar-refractivity contribution in [3.8, 4) is 0 Å². The molecule has 0 aromatic carbocycles. The van der Waals surface area contributed by atoms with Crippen LogP contribution in [0.25, 0.3) is 0 Å². The summed E-state index contributed by atoms with van der Waals surface area (Å²) in [6.07, 6.45) is 13.5. The highest BCUT2D eigenvalue weighted by Gasteiger charge is 2.11. The Kier molecular flexibility index (Phi) is 14.4. The van der Waals surface area contributed by atoms with Crippen molar-refractivity contribution in [2.24, 2.45) is 5.73 Å². The van der Waals surface area contributed by atoms with Gasteiger partial charge in [0.25, 0.3) is 0 Å². The van der Waals surface area contributed by atoms with Crippen molar-refractivity contribution in [1.82, 2.24) is 5.32 Å². The van der Waals surface area contributed by atoms with Gasteiger partial charge in [-0.1, -0.05) is 58.8 Å². The first-order valence-electron chi connectivity index (χ1n) is 8.74. The summed E-state index contributed by atoms with van der Waals surface area (Å²) in [5.41, 5.74) is 5.46. The first-order chi connectivity index (χ1) is 9.74. The maximum absolute atomic E-state index is 11.9. The molecular formula is C17H36N2O. The van der Waals surface area contributed by atoms with Gasteiger partial charge in [-0.15, -0.1) is 0 Å². The van der Waals surface area contributed by atoms with Gasteiger partial charge < -0.3 is 11.1 Å². The molecule has 0 saturated heterocycles. The number of nitrogens with one attached hydrogen (secondary N) is 1. The number of unbranched alkanes of at least 4 members (excludes halogenated alkanes) is 6. The van der Waals surface area contributed by atoms with Gasteiger partial charge in [0, 0.05) is 12.5 Å². The lowest BCUT2D eigenvalue weighted by atomic mass is 10.0. The molecular weight excluding hydrogens is 248 g/mol. The van der Waals surface area contributed by atoms with Gasteiger partial charge in [0.2, 0.25) is 5.91 Å². The molecule has 0 bridgehead atoms. The van der Waals surface area contributed by atoms with Gasteiger partial charge in [0.05, 0.1) is 0 Å². The van der Waals surface area contributed by atoms with Crippen LogP contribution in [0.4, 0.5) is 0 Å². The Morgan fingerprint density at radius 1 is 0.900 bits per heavy atom. The van der Waals surface area contributed by atoms with Crippen molar-refractivity contribution in [2.45, 2.75) is 96.9 Å². The van der Waals surface area contributed by atoms with E-state index < -0.39 is 0 Å². The van der Waals surface area contributed by atoms with Crippen LogP contribution in [0.15, 0.2) is 0 Å². The van der Waals surface area contributed by atoms with Crippen LogP contribution >= 0.6 is 0 Å². The lowest BCUT2D eigenvalue weighted by molar-refractivity contribution is -0.122. The van der Waals surface area contributed by atoms with Gasteiger partial charge in [-0.2, -0.15) is 0 Å². The molecule has 0 heterocycles. The van der Waals surface area contributed by atoms with E-state index in [-0.39, 0.29) is 5.91 Å². The van der Waals surface area contributed by atoms with Crippen LogP contribution in [0.2, 0.25) is 0 Å². The average molecular weight is 284 g/mol. The van der Waals surface area contributed by atoms with Gasteiger partial charge in [0.1, 0.15) is 0 Å². The zero-order chi connectivity index (χ0) is 15.1. The normalized spacial score (nSPS) is 11.0. The van der Waals surface area contributed by atoms with E-state index in [0.29, 0.717) is 12.5 Å². The molecule has 3 N–H and O–H groups in total. The number of carbonyl (C=O) groups excluding carboxylic acids is 1. The largest absolute Gasteiger partial charge is 0.353 e. The zero-order valence-corrected chi connectivity index (χ0v) is 13.8. The molecule has 0 aromatic rings. The number of carbonyl (C=O) groups is 1. The standard InChI is InChI=1S/C17H36N2O/c1-3-5-8-12-16(13-9-6-4-2)19-17(20)14-10-7-11-15-18/h16H,3-15,18H2,1-2H3,(H,19,20). The minimum absolute atomic E-state index is 0.236. The van der Waals surface area contributed by atoms with Gasteiger partial charge in [-0.05, 0) is 32.2 Å². The molecule has 3 heteroatoms. The maximum Gasteiger partial charge on any atom is 0.220 e. The molecule has 20 heavy (non-hydrogen) atoms. The van der Waals surface area contributed by atoms with Gasteiger partial charge >= 0.3 is 0 Å². The van der Waals surface area contributed by atoms with Crippen LogP contribution in [0, 0.1) is 0 Å². The summed E-state index contributed by atoms with van der Waals surface area (Å²) in [5, 5.41) is 3.24. The summed E-state index contributed by atoms with van der Waals surface area (Å²) < 4.78 is 0. The predicted molar refractivity (Wildman–Crippen MR) is 87.7 cm³/mol. The average Bonchev–Trinajstić information content (AvgIpc) is 2.44. The van der Waals surface area contributed by atoms with Crippen LogP contribution in [0.3, 0.4) is 0 Å². The van der Waals surface area contributed by atoms with E-state index in [1.165, 1.54) is 38.5 Å². The highest BCUT2D eigenvalue weighted by molar-refractivity contribution is 5.76. The molecule has 0 spiro atoms. The van der Waals surface area contributed by atoms with Crippen molar-refractivity contribution >= 4 is 5.91 Å². The van der Waals surface area contributed by atoms with Crippen molar-refractivity contribution in [2.75, 3.05) is 6.54 Å². The Bertz CT molecular complexity index is 209. The van der Waals surface area contributed by atoms with Gasteiger partial charge in [-0.25, -0.2) is 0 Å². The minimum Gasteiger partial charge on any atom is -0.353 e. The molecule has 0 aliphatic rings. The number of nitrogens with two attached hydrogens (primary N) is 1. The second-order valence-electron chi connectivity index (χ2n) is 5.86. The third kappa shape index (κ3) is 12.5. The Hall–Kier alpha value is -0.570. The molecule has 0 unspecified atom stereocenters. The molecule has 0 atom stereocenters. The van der Waals surface area contributed by atoms with E-state index in [9.17, 15) is 4.79 Å². The molecule has 0 radical (unpaired) electrons. The Morgan fingerprint density at radius 2 is 1.50 bits per heavy atom. The Morgan fingerprint density at radius 3 is 2.00 bits per heavy atom. The summed E-state index contributed by atoms with van der Waals surface area (Å²) in [4.78, 5) is 11.9. The molecule has 0 fully saturated rings. The second kappa shape index (κ2) is 14.8. The molecule has 3 nitrogen and oxygen atoms in total. The highest BCUT2D eigenvalue weighted by atomic mass is 16.1. The summed E-state index contributed by atoms with van der Waals surface area (Å²) in [7, 11) is 0. The van der Waals surface area contributed by atoms with Crippen LogP contribution in [-0.2, 0) is 4.79 Å². The van der Waals surface area contributed by atoms with Crippen LogP contribution in [0.5, 0.6) is 0 Å². The summed E-state index contributed by atoms with van der Waals surface area (Å²) in [5.74, 6) is 0.236.